The van der Waals surface area contributed by atoms with Crippen LogP contribution in [0.25, 0.3) is 10.1 Å². The minimum atomic E-state index is -0.481. The molecule has 0 spiro atoms. The third-order valence-electron chi connectivity index (χ3n) is 4.20. The molecular weight excluding hydrogens is 371 g/mol. The van der Waals surface area contributed by atoms with Crippen LogP contribution >= 0.6 is 11.3 Å². The monoisotopic (exact) mass is 386 g/mol. The van der Waals surface area contributed by atoms with Gasteiger partial charge in [-0.2, -0.15) is 0 Å². The maximum absolute atomic E-state index is 13.4. The Morgan fingerprint density at radius 2 is 1.74 bits per heavy atom. The summed E-state index contributed by atoms with van der Waals surface area (Å²) in [6, 6.07) is 9.17. The number of carbonyl (C=O) groups is 2. The Kier molecular flexibility index (Phi) is 4.41. The van der Waals surface area contributed by atoms with Crippen molar-refractivity contribution in [3.05, 3.63) is 58.2 Å². The van der Waals surface area contributed by atoms with Gasteiger partial charge in [-0.15, -0.1) is 11.3 Å². The fraction of sp³-hybridized carbons (Fsp3) is 0.158. The fourth-order valence-corrected chi connectivity index (χ4v) is 3.92. The normalized spacial score (nSPS) is 12.7. The second-order valence-electron chi connectivity index (χ2n) is 5.96. The van der Waals surface area contributed by atoms with Crippen LogP contribution in [0.1, 0.15) is 25.6 Å². The number of aryl methyl sites for hydroxylation is 1. The highest BCUT2D eigenvalue weighted by atomic mass is 32.1. The molecule has 2 aromatic carbocycles. The number of carbonyl (C=O) groups excluding carboxylic acids is 2. The minimum Gasteiger partial charge on any atom is -0.486 e. The number of hydrazine groups is 1. The molecule has 0 fully saturated rings. The van der Waals surface area contributed by atoms with E-state index in [1.165, 1.54) is 23.5 Å². The van der Waals surface area contributed by atoms with Crippen LogP contribution < -0.4 is 20.3 Å². The average molecular weight is 386 g/mol. The molecule has 0 bridgehead atoms. The van der Waals surface area contributed by atoms with Gasteiger partial charge in [-0.1, -0.05) is 0 Å². The molecule has 3 aromatic rings. The zero-order valence-electron chi connectivity index (χ0n) is 14.3. The number of fused-ring (bicyclic) bond motifs is 2. The van der Waals surface area contributed by atoms with Crippen molar-refractivity contribution < 1.29 is 23.5 Å². The summed E-state index contributed by atoms with van der Waals surface area (Å²) in [6.07, 6.45) is 0. The molecule has 2 heterocycles. The summed E-state index contributed by atoms with van der Waals surface area (Å²) in [5.41, 5.74) is 5.78. The summed E-state index contributed by atoms with van der Waals surface area (Å²) < 4.78 is 25.1. The number of halogens is 1. The van der Waals surface area contributed by atoms with E-state index in [4.69, 9.17) is 9.47 Å². The lowest BCUT2D eigenvalue weighted by Crippen LogP contribution is -2.41. The highest BCUT2D eigenvalue weighted by Gasteiger charge is 2.18. The predicted octanol–water partition coefficient (Wildman–Crippen LogP) is 3.19. The maximum Gasteiger partial charge on any atom is 0.280 e. The van der Waals surface area contributed by atoms with Crippen molar-refractivity contribution in [2.45, 2.75) is 6.92 Å². The molecule has 0 unspecified atom stereocenters. The van der Waals surface area contributed by atoms with E-state index in [2.05, 4.69) is 10.9 Å². The Bertz CT molecular complexity index is 1060. The molecule has 0 saturated carbocycles. The van der Waals surface area contributed by atoms with Gasteiger partial charge in [0.25, 0.3) is 11.8 Å². The molecule has 0 aliphatic carbocycles. The molecule has 1 aromatic heterocycles. The van der Waals surface area contributed by atoms with Crippen LogP contribution in [0.3, 0.4) is 0 Å². The molecule has 2 amide bonds. The Hall–Kier alpha value is -3.13. The van der Waals surface area contributed by atoms with E-state index in [-0.39, 0.29) is 5.82 Å². The van der Waals surface area contributed by atoms with Gasteiger partial charge in [0, 0.05) is 10.3 Å². The number of ether oxygens (including phenoxy) is 2. The van der Waals surface area contributed by atoms with Gasteiger partial charge in [0.05, 0.1) is 4.88 Å². The molecule has 138 valence electrons. The number of thiophene rings is 1. The summed E-state index contributed by atoms with van der Waals surface area (Å²) in [5, 5.41) is 0.684. The number of benzene rings is 2. The lowest BCUT2D eigenvalue weighted by Gasteiger charge is -2.18. The summed E-state index contributed by atoms with van der Waals surface area (Å²) in [5.74, 6) is -0.232. The van der Waals surface area contributed by atoms with Crippen LogP contribution in [0.5, 0.6) is 11.5 Å². The molecule has 0 saturated heterocycles. The summed E-state index contributed by atoms with van der Waals surface area (Å²) in [6.45, 7) is 2.63. The third kappa shape index (κ3) is 3.31. The molecular formula is C19H15FN2O4S. The first kappa shape index (κ1) is 17.3. The molecule has 0 atom stereocenters. The SMILES string of the molecule is Cc1c(C(=O)NNC(=O)c2ccc3c(c2)OCCO3)sc2ccc(F)cc12. The minimum absolute atomic E-state index is 0.328. The van der Waals surface area contributed by atoms with Gasteiger partial charge in [-0.25, -0.2) is 4.39 Å². The molecule has 8 heteroatoms. The van der Waals surface area contributed by atoms with Crippen LogP contribution in [0.2, 0.25) is 0 Å². The lowest BCUT2D eigenvalue weighted by molar-refractivity contribution is 0.0848. The maximum atomic E-state index is 13.4. The van der Waals surface area contributed by atoms with Gasteiger partial charge in [-0.05, 0) is 54.3 Å². The number of hydrogen-bond acceptors (Lipinski definition) is 5. The number of nitrogens with one attached hydrogen (secondary N) is 2. The quantitative estimate of drug-likeness (QED) is 0.663. The zero-order valence-corrected chi connectivity index (χ0v) is 15.1. The second kappa shape index (κ2) is 6.88. The number of rotatable bonds is 2. The largest absolute Gasteiger partial charge is 0.486 e. The smallest absolute Gasteiger partial charge is 0.280 e. The van der Waals surface area contributed by atoms with Gasteiger partial charge in [0.15, 0.2) is 11.5 Å². The molecule has 4 rings (SSSR count). The van der Waals surface area contributed by atoms with E-state index < -0.39 is 11.8 Å². The van der Waals surface area contributed by atoms with E-state index >= 15 is 0 Å². The molecule has 0 radical (unpaired) electrons. The van der Waals surface area contributed by atoms with Crippen molar-refractivity contribution in [1.82, 2.24) is 10.9 Å². The predicted molar refractivity (Wildman–Crippen MR) is 98.9 cm³/mol. The van der Waals surface area contributed by atoms with Crippen molar-refractivity contribution >= 4 is 33.2 Å². The zero-order chi connectivity index (χ0) is 19.0. The van der Waals surface area contributed by atoms with Gasteiger partial charge >= 0.3 is 0 Å². The Labute approximate surface area is 157 Å². The van der Waals surface area contributed by atoms with E-state index in [9.17, 15) is 14.0 Å². The van der Waals surface area contributed by atoms with Crippen LogP contribution in [0.4, 0.5) is 4.39 Å². The first-order chi connectivity index (χ1) is 13.0. The van der Waals surface area contributed by atoms with E-state index in [1.54, 1.807) is 31.2 Å². The van der Waals surface area contributed by atoms with Crippen molar-refractivity contribution in [3.63, 3.8) is 0 Å². The van der Waals surface area contributed by atoms with Gasteiger partial charge < -0.3 is 9.47 Å². The van der Waals surface area contributed by atoms with Gasteiger partial charge in [0.1, 0.15) is 19.0 Å². The fourth-order valence-electron chi connectivity index (χ4n) is 2.84. The van der Waals surface area contributed by atoms with Crippen LogP contribution in [-0.4, -0.2) is 25.0 Å². The summed E-state index contributed by atoms with van der Waals surface area (Å²) in [7, 11) is 0. The summed E-state index contributed by atoms with van der Waals surface area (Å²) in [4.78, 5) is 25.1. The molecule has 6 nitrogen and oxygen atoms in total. The van der Waals surface area contributed by atoms with Crippen LogP contribution in [0, 0.1) is 12.7 Å². The molecule has 27 heavy (non-hydrogen) atoms. The van der Waals surface area contributed by atoms with Crippen molar-refractivity contribution in [3.8, 4) is 11.5 Å². The van der Waals surface area contributed by atoms with Crippen LogP contribution in [0.15, 0.2) is 36.4 Å². The summed E-state index contributed by atoms with van der Waals surface area (Å²) >= 11 is 1.24. The standard InChI is InChI=1S/C19H15FN2O4S/c1-10-13-9-12(20)3-5-16(13)27-17(10)19(24)22-21-18(23)11-2-4-14-15(8-11)26-7-6-25-14/h2-5,8-9H,6-7H2,1H3,(H,21,23)(H,22,24). The Morgan fingerprint density at radius 3 is 2.56 bits per heavy atom. The Balaban J connectivity index is 1.48. The van der Waals surface area contributed by atoms with E-state index in [0.717, 1.165) is 4.70 Å². The second-order valence-corrected chi connectivity index (χ2v) is 7.02. The van der Waals surface area contributed by atoms with E-state index in [1.807, 2.05) is 0 Å². The van der Waals surface area contributed by atoms with Gasteiger partial charge in [-0.3, -0.25) is 20.4 Å². The van der Waals surface area contributed by atoms with Crippen molar-refractivity contribution in [2.75, 3.05) is 13.2 Å². The Morgan fingerprint density at radius 1 is 1.00 bits per heavy atom. The van der Waals surface area contributed by atoms with Crippen LogP contribution in [-0.2, 0) is 0 Å². The van der Waals surface area contributed by atoms with Crippen molar-refractivity contribution in [2.24, 2.45) is 0 Å². The number of amides is 2. The average Bonchev–Trinajstić information content (AvgIpc) is 3.01. The van der Waals surface area contributed by atoms with Gasteiger partial charge in [0.2, 0.25) is 0 Å². The van der Waals surface area contributed by atoms with E-state index in [0.29, 0.717) is 46.1 Å². The highest BCUT2D eigenvalue weighted by molar-refractivity contribution is 7.21. The first-order valence-electron chi connectivity index (χ1n) is 8.22. The molecule has 1 aliphatic heterocycles. The topological polar surface area (TPSA) is 76.7 Å². The third-order valence-corrected chi connectivity index (χ3v) is 5.47. The molecule has 1 aliphatic rings. The highest BCUT2D eigenvalue weighted by Crippen LogP contribution is 2.32. The first-order valence-corrected chi connectivity index (χ1v) is 9.03. The molecule has 2 N–H and O–H groups in total. The lowest BCUT2D eigenvalue weighted by atomic mass is 10.1. The van der Waals surface area contributed by atoms with Crippen molar-refractivity contribution in [1.29, 1.82) is 0 Å². The number of hydrogen-bond donors (Lipinski definition) is 2.